The molecular formula is C12H18BrNO3S2. The fourth-order valence-corrected chi connectivity index (χ4v) is 6.53. The van der Waals surface area contributed by atoms with Crippen molar-refractivity contribution in [3.05, 3.63) is 14.7 Å². The minimum absolute atomic E-state index is 0.108. The predicted octanol–water partition coefficient (Wildman–Crippen LogP) is 2.74. The van der Waals surface area contributed by atoms with Gasteiger partial charge in [-0.05, 0) is 41.8 Å². The summed E-state index contributed by atoms with van der Waals surface area (Å²) in [5, 5.41) is 9.46. The molecular weight excluding hydrogens is 350 g/mol. The molecule has 108 valence electrons. The fourth-order valence-electron chi connectivity index (χ4n) is 2.46. The molecule has 4 nitrogen and oxygen atoms in total. The van der Waals surface area contributed by atoms with E-state index in [1.165, 1.54) is 15.6 Å². The summed E-state index contributed by atoms with van der Waals surface area (Å²) < 4.78 is 27.8. The van der Waals surface area contributed by atoms with Gasteiger partial charge in [0, 0.05) is 17.5 Å². The summed E-state index contributed by atoms with van der Waals surface area (Å²) >= 11 is 4.76. The predicted molar refractivity (Wildman–Crippen MR) is 80.0 cm³/mol. The van der Waals surface area contributed by atoms with Crippen LogP contribution in [0.15, 0.2) is 14.7 Å². The zero-order chi connectivity index (χ0) is 14.0. The van der Waals surface area contributed by atoms with Gasteiger partial charge in [0.05, 0.1) is 15.3 Å². The molecule has 1 aliphatic rings. The van der Waals surface area contributed by atoms with Crippen molar-refractivity contribution in [1.29, 1.82) is 0 Å². The van der Waals surface area contributed by atoms with Crippen LogP contribution in [0.2, 0.25) is 0 Å². The molecule has 7 heteroatoms. The quantitative estimate of drug-likeness (QED) is 0.893. The minimum Gasteiger partial charge on any atom is -0.395 e. The van der Waals surface area contributed by atoms with Crippen LogP contribution in [0, 0.1) is 6.92 Å². The lowest BCUT2D eigenvalue weighted by Gasteiger charge is -2.27. The molecule has 1 aromatic heterocycles. The van der Waals surface area contributed by atoms with Crippen molar-refractivity contribution in [3.63, 3.8) is 0 Å². The minimum atomic E-state index is -3.50. The van der Waals surface area contributed by atoms with Gasteiger partial charge in [0.25, 0.3) is 0 Å². The number of hydrogen-bond acceptors (Lipinski definition) is 4. The normalized spacial score (nSPS) is 22.4. The number of rotatable bonds is 3. The smallest absolute Gasteiger partial charge is 0.244 e. The summed E-state index contributed by atoms with van der Waals surface area (Å²) in [6.45, 7) is 2.21. The van der Waals surface area contributed by atoms with E-state index in [-0.39, 0.29) is 12.6 Å². The van der Waals surface area contributed by atoms with Crippen LogP contribution in [-0.2, 0) is 10.0 Å². The lowest BCUT2D eigenvalue weighted by Crippen LogP contribution is -2.42. The molecule has 1 aliphatic heterocycles. The number of hydrogen-bond donors (Lipinski definition) is 1. The number of halogens is 1. The van der Waals surface area contributed by atoms with E-state index in [0.717, 1.165) is 34.3 Å². The number of thiophene rings is 1. The van der Waals surface area contributed by atoms with Crippen LogP contribution in [0.4, 0.5) is 0 Å². The summed E-state index contributed by atoms with van der Waals surface area (Å²) in [4.78, 5) is 1.15. The maximum Gasteiger partial charge on any atom is 0.244 e. The monoisotopic (exact) mass is 367 g/mol. The number of aliphatic hydroxyl groups is 1. The molecule has 2 heterocycles. The molecule has 1 unspecified atom stereocenters. The van der Waals surface area contributed by atoms with Gasteiger partial charge in [-0.25, -0.2) is 8.42 Å². The highest BCUT2D eigenvalue weighted by atomic mass is 79.9. The van der Waals surface area contributed by atoms with E-state index in [1.54, 1.807) is 6.07 Å². The van der Waals surface area contributed by atoms with E-state index in [0.29, 0.717) is 11.4 Å². The molecule has 1 N–H and O–H groups in total. The van der Waals surface area contributed by atoms with Crippen molar-refractivity contribution in [3.8, 4) is 0 Å². The molecule has 1 atom stereocenters. The Morgan fingerprint density at radius 2 is 2.21 bits per heavy atom. The van der Waals surface area contributed by atoms with Gasteiger partial charge in [-0.15, -0.1) is 11.3 Å². The summed E-state index contributed by atoms with van der Waals surface area (Å²) in [6, 6.07) is 1.37. The molecule has 19 heavy (non-hydrogen) atoms. The Balaban J connectivity index is 2.39. The maximum atomic E-state index is 12.7. The average molecular weight is 368 g/mol. The molecule has 0 spiro atoms. The van der Waals surface area contributed by atoms with Gasteiger partial charge in [-0.2, -0.15) is 4.31 Å². The number of nitrogens with zero attached hydrogens (tertiary/aromatic N) is 1. The van der Waals surface area contributed by atoms with Gasteiger partial charge in [0.15, 0.2) is 0 Å². The van der Waals surface area contributed by atoms with Gasteiger partial charge in [-0.3, -0.25) is 0 Å². The zero-order valence-corrected chi connectivity index (χ0v) is 14.0. The molecule has 0 bridgehead atoms. The van der Waals surface area contributed by atoms with Gasteiger partial charge in [0.1, 0.15) is 0 Å². The van der Waals surface area contributed by atoms with Gasteiger partial charge >= 0.3 is 0 Å². The number of aliphatic hydroxyl groups excluding tert-OH is 1. The summed E-state index contributed by atoms with van der Waals surface area (Å²) in [5.74, 6) is 0. The van der Waals surface area contributed by atoms with Crippen LogP contribution in [-0.4, -0.2) is 37.0 Å². The lowest BCUT2D eigenvalue weighted by molar-refractivity contribution is 0.186. The van der Waals surface area contributed by atoms with E-state index in [1.807, 2.05) is 6.92 Å². The standard InChI is InChI=1S/C12H18BrNO3S2/c1-9-11(7-12(13)18-9)19(16,17)14-6-4-2-3-5-10(14)8-15/h7,10,15H,2-6,8H2,1H3. The Morgan fingerprint density at radius 1 is 1.47 bits per heavy atom. The zero-order valence-electron chi connectivity index (χ0n) is 10.8. The van der Waals surface area contributed by atoms with Crippen molar-refractivity contribution in [2.45, 2.75) is 43.5 Å². The SMILES string of the molecule is Cc1sc(Br)cc1S(=O)(=O)N1CCCCCC1CO. The molecule has 1 aromatic rings. The summed E-state index contributed by atoms with van der Waals surface area (Å²) in [6.07, 6.45) is 3.60. The van der Waals surface area contributed by atoms with Crippen molar-refractivity contribution in [2.24, 2.45) is 0 Å². The Hall–Kier alpha value is 0.0500. The number of aryl methyl sites for hydroxylation is 1. The lowest BCUT2D eigenvalue weighted by atomic mass is 10.1. The molecule has 1 fully saturated rings. The highest BCUT2D eigenvalue weighted by Crippen LogP contribution is 2.33. The molecule has 0 aromatic carbocycles. The van der Waals surface area contributed by atoms with E-state index in [2.05, 4.69) is 15.9 Å². The van der Waals surface area contributed by atoms with Crippen LogP contribution in [0.1, 0.15) is 30.6 Å². The van der Waals surface area contributed by atoms with Crippen molar-refractivity contribution in [1.82, 2.24) is 4.31 Å². The molecule has 2 rings (SSSR count). The Bertz CT molecular complexity index is 541. The van der Waals surface area contributed by atoms with E-state index < -0.39 is 10.0 Å². The highest BCUT2D eigenvalue weighted by molar-refractivity contribution is 9.11. The highest BCUT2D eigenvalue weighted by Gasteiger charge is 2.33. The first-order valence-corrected chi connectivity index (χ1v) is 9.40. The fraction of sp³-hybridized carbons (Fsp3) is 0.667. The molecule has 1 saturated heterocycles. The van der Waals surface area contributed by atoms with Crippen LogP contribution in [0.3, 0.4) is 0 Å². The largest absolute Gasteiger partial charge is 0.395 e. The van der Waals surface area contributed by atoms with Crippen molar-refractivity contribution in [2.75, 3.05) is 13.2 Å². The Morgan fingerprint density at radius 3 is 2.79 bits per heavy atom. The van der Waals surface area contributed by atoms with Crippen LogP contribution in [0.25, 0.3) is 0 Å². The third kappa shape index (κ3) is 3.21. The van der Waals surface area contributed by atoms with Crippen molar-refractivity contribution < 1.29 is 13.5 Å². The first-order valence-electron chi connectivity index (χ1n) is 6.35. The second kappa shape index (κ2) is 6.22. The first-order chi connectivity index (χ1) is 8.96. The topological polar surface area (TPSA) is 57.6 Å². The van der Waals surface area contributed by atoms with Crippen LogP contribution < -0.4 is 0 Å². The van der Waals surface area contributed by atoms with Gasteiger partial charge in [-0.1, -0.05) is 12.8 Å². The molecule has 0 aliphatic carbocycles. The first kappa shape index (κ1) is 15.4. The third-order valence-electron chi connectivity index (χ3n) is 3.46. The maximum absolute atomic E-state index is 12.7. The van der Waals surface area contributed by atoms with Gasteiger partial charge in [0.2, 0.25) is 10.0 Å². The Labute approximate surface area is 126 Å². The Kier molecular flexibility index (Phi) is 5.05. The van der Waals surface area contributed by atoms with E-state index in [9.17, 15) is 13.5 Å². The number of sulfonamides is 1. The van der Waals surface area contributed by atoms with E-state index >= 15 is 0 Å². The summed E-state index contributed by atoms with van der Waals surface area (Å²) in [5.41, 5.74) is 0. The van der Waals surface area contributed by atoms with Crippen LogP contribution >= 0.6 is 27.3 Å². The average Bonchev–Trinajstić information content (AvgIpc) is 2.59. The molecule has 0 saturated carbocycles. The van der Waals surface area contributed by atoms with Gasteiger partial charge < -0.3 is 5.11 Å². The molecule has 0 amide bonds. The second-order valence-electron chi connectivity index (χ2n) is 4.77. The second-order valence-corrected chi connectivity index (χ2v) is 9.27. The van der Waals surface area contributed by atoms with Crippen LogP contribution in [0.5, 0.6) is 0 Å². The van der Waals surface area contributed by atoms with E-state index in [4.69, 9.17) is 0 Å². The summed E-state index contributed by atoms with van der Waals surface area (Å²) in [7, 11) is -3.50. The third-order valence-corrected chi connectivity index (χ3v) is 7.22. The van der Waals surface area contributed by atoms with Crippen molar-refractivity contribution >= 4 is 37.3 Å². The molecule has 0 radical (unpaired) electrons.